The molecule has 2 aromatic carbocycles. The second-order valence-corrected chi connectivity index (χ2v) is 9.16. The number of carbonyl (C=O) groups is 2. The van der Waals surface area contributed by atoms with Crippen LogP contribution in [0.2, 0.25) is 0 Å². The van der Waals surface area contributed by atoms with E-state index in [2.05, 4.69) is 14.1 Å². The first-order valence-corrected chi connectivity index (χ1v) is 11.2. The number of hydrogen-bond acceptors (Lipinski definition) is 4. The summed E-state index contributed by atoms with van der Waals surface area (Å²) in [4.78, 5) is 30.7. The molecule has 2 aromatic rings. The van der Waals surface area contributed by atoms with Gasteiger partial charge in [-0.05, 0) is 36.2 Å². The van der Waals surface area contributed by atoms with Crippen LogP contribution in [-0.2, 0) is 14.3 Å². The summed E-state index contributed by atoms with van der Waals surface area (Å²) in [6.07, 6.45) is 1.76. The van der Waals surface area contributed by atoms with Crippen LogP contribution in [-0.4, -0.2) is 66.2 Å². The molecule has 4 atom stereocenters. The Labute approximate surface area is 180 Å². The van der Waals surface area contributed by atoms with Crippen LogP contribution in [0.25, 0.3) is 0 Å². The highest BCUT2D eigenvalue weighted by molar-refractivity contribution is 7.17. The van der Waals surface area contributed by atoms with Crippen LogP contribution in [0.5, 0.6) is 0 Å². The van der Waals surface area contributed by atoms with E-state index in [1.807, 2.05) is 60.7 Å². The van der Waals surface area contributed by atoms with Crippen LogP contribution in [0.15, 0.2) is 60.7 Å². The number of hydrogen-bond donors (Lipinski definition) is 0. The van der Waals surface area contributed by atoms with Gasteiger partial charge in [0.2, 0.25) is 5.91 Å². The topological polar surface area (TPSA) is 49.9 Å². The van der Waals surface area contributed by atoms with E-state index in [1.165, 1.54) is 7.11 Å². The molecular weight excluding hydrogens is 395 g/mol. The Bertz CT molecular complexity index is 837. The van der Waals surface area contributed by atoms with E-state index in [-0.39, 0.29) is 17.9 Å². The average molecular weight is 424 g/mol. The first-order chi connectivity index (χ1) is 14.6. The molecule has 0 radical (unpaired) electrons. The van der Waals surface area contributed by atoms with Crippen molar-refractivity contribution < 1.29 is 14.3 Å². The van der Waals surface area contributed by atoms with Crippen molar-refractivity contribution in [2.24, 2.45) is 0 Å². The fraction of sp³-hybridized carbons (Fsp3) is 0.417. The molecule has 1 amide bonds. The molecule has 0 N–H and O–H groups in total. The van der Waals surface area contributed by atoms with E-state index in [4.69, 9.17) is 4.74 Å². The van der Waals surface area contributed by atoms with Gasteiger partial charge < -0.3 is 9.64 Å². The van der Waals surface area contributed by atoms with Crippen molar-refractivity contribution in [3.05, 3.63) is 71.8 Å². The van der Waals surface area contributed by atoms with Crippen LogP contribution in [0, 0.1) is 0 Å². The number of ether oxygens (including phenoxy) is 1. The van der Waals surface area contributed by atoms with Crippen LogP contribution < -0.4 is 0 Å². The first kappa shape index (κ1) is 21.0. The zero-order chi connectivity index (χ0) is 21.1. The summed E-state index contributed by atoms with van der Waals surface area (Å²) in [6.45, 7) is 2.56. The normalized spacial score (nSPS) is 24.4. The minimum Gasteiger partial charge on any atom is -0.467 e. The molecule has 2 saturated heterocycles. The lowest BCUT2D eigenvalue weighted by molar-refractivity contribution is -0.151. The Morgan fingerprint density at radius 3 is 2.10 bits per heavy atom. The molecule has 2 aliphatic rings. The average Bonchev–Trinajstić information content (AvgIpc) is 3.41. The Balaban J connectivity index is 1.65. The number of methoxy groups -OCH3 is 1. The summed E-state index contributed by atoms with van der Waals surface area (Å²) >= 11 is 0. The Morgan fingerprint density at radius 1 is 1.00 bits per heavy atom. The van der Waals surface area contributed by atoms with Gasteiger partial charge in [-0.15, -0.1) is 9.24 Å². The SMILES string of the molecule is COC(=O)[C@@H]1C[C@H](N2CC[C@H](P)C2)CN1C(=O)C(c1ccccc1)c1ccccc1. The van der Waals surface area contributed by atoms with Gasteiger partial charge >= 0.3 is 5.97 Å². The maximum atomic E-state index is 13.9. The summed E-state index contributed by atoms with van der Waals surface area (Å²) in [5, 5.41) is 0. The predicted octanol–water partition coefficient (Wildman–Crippen LogP) is 2.91. The van der Waals surface area contributed by atoms with Crippen molar-refractivity contribution in [2.45, 2.75) is 36.5 Å². The van der Waals surface area contributed by atoms with Gasteiger partial charge in [-0.3, -0.25) is 9.69 Å². The number of carbonyl (C=O) groups excluding carboxylic acids is 2. The second-order valence-electron chi connectivity index (χ2n) is 8.22. The first-order valence-electron chi connectivity index (χ1n) is 10.6. The summed E-state index contributed by atoms with van der Waals surface area (Å²) in [6, 6.07) is 19.3. The van der Waals surface area contributed by atoms with E-state index in [0.717, 1.165) is 30.6 Å². The highest BCUT2D eigenvalue weighted by atomic mass is 31.0. The molecule has 1 unspecified atom stereocenters. The molecule has 0 bridgehead atoms. The standard InChI is InChI=1S/C24H29N2O3P/c1-29-24(28)21-14-19(25-13-12-20(30)16-25)15-26(21)23(27)22(17-8-4-2-5-9-17)18-10-6-3-7-11-18/h2-11,19-22H,12-16,30H2,1H3/t19-,20-,21-/m0/s1. The Morgan fingerprint density at radius 2 is 1.60 bits per heavy atom. The predicted molar refractivity (Wildman–Crippen MR) is 120 cm³/mol. The van der Waals surface area contributed by atoms with Crippen molar-refractivity contribution in [2.75, 3.05) is 26.7 Å². The summed E-state index contributed by atoms with van der Waals surface area (Å²) in [5.74, 6) is -0.800. The van der Waals surface area contributed by atoms with Crippen molar-refractivity contribution in [1.82, 2.24) is 9.80 Å². The summed E-state index contributed by atoms with van der Waals surface area (Å²) in [5.41, 5.74) is 2.45. The molecule has 0 saturated carbocycles. The number of esters is 1. The smallest absolute Gasteiger partial charge is 0.328 e. The quantitative estimate of drug-likeness (QED) is 0.547. The van der Waals surface area contributed by atoms with E-state index >= 15 is 0 Å². The third kappa shape index (κ3) is 4.28. The van der Waals surface area contributed by atoms with Crippen molar-refractivity contribution in [3.63, 3.8) is 0 Å². The number of amides is 1. The summed E-state index contributed by atoms with van der Waals surface area (Å²) in [7, 11) is 4.30. The molecule has 2 aliphatic heterocycles. The zero-order valence-corrected chi connectivity index (χ0v) is 18.5. The molecule has 30 heavy (non-hydrogen) atoms. The summed E-state index contributed by atoms with van der Waals surface area (Å²) < 4.78 is 5.08. The van der Waals surface area contributed by atoms with Crippen LogP contribution in [0.4, 0.5) is 0 Å². The largest absolute Gasteiger partial charge is 0.467 e. The lowest BCUT2D eigenvalue weighted by atomic mass is 9.90. The maximum Gasteiger partial charge on any atom is 0.328 e. The highest BCUT2D eigenvalue weighted by Gasteiger charge is 2.45. The second kappa shape index (κ2) is 9.28. The van der Waals surface area contributed by atoms with Gasteiger partial charge in [-0.2, -0.15) is 0 Å². The molecule has 0 aliphatic carbocycles. The van der Waals surface area contributed by atoms with Crippen LogP contribution in [0.1, 0.15) is 29.9 Å². The monoisotopic (exact) mass is 424 g/mol. The van der Waals surface area contributed by atoms with Gasteiger partial charge in [0.05, 0.1) is 13.0 Å². The van der Waals surface area contributed by atoms with Gasteiger partial charge in [0.15, 0.2) is 0 Å². The Kier molecular flexibility index (Phi) is 6.50. The lowest BCUT2D eigenvalue weighted by Gasteiger charge is -2.28. The van der Waals surface area contributed by atoms with Gasteiger partial charge in [0, 0.05) is 19.1 Å². The molecule has 0 aromatic heterocycles. The van der Waals surface area contributed by atoms with Crippen molar-refractivity contribution in [3.8, 4) is 0 Å². The minimum atomic E-state index is -0.536. The van der Waals surface area contributed by atoms with Crippen molar-refractivity contribution in [1.29, 1.82) is 0 Å². The lowest BCUT2D eigenvalue weighted by Crippen LogP contribution is -2.44. The van der Waals surface area contributed by atoms with E-state index in [9.17, 15) is 9.59 Å². The molecular formula is C24H29N2O3P. The van der Waals surface area contributed by atoms with E-state index in [0.29, 0.717) is 18.6 Å². The number of likely N-dealkylation sites (tertiary alicyclic amines) is 2. The number of rotatable bonds is 5. The van der Waals surface area contributed by atoms with E-state index < -0.39 is 12.0 Å². The third-order valence-electron chi connectivity index (χ3n) is 6.32. The minimum absolute atomic E-state index is 0.0353. The maximum absolute atomic E-state index is 13.9. The fourth-order valence-electron chi connectivity index (χ4n) is 4.76. The van der Waals surface area contributed by atoms with Gasteiger partial charge in [-0.1, -0.05) is 60.7 Å². The van der Waals surface area contributed by atoms with Crippen LogP contribution >= 0.6 is 9.24 Å². The zero-order valence-electron chi connectivity index (χ0n) is 17.3. The van der Waals surface area contributed by atoms with Crippen molar-refractivity contribution >= 4 is 21.1 Å². The van der Waals surface area contributed by atoms with Crippen LogP contribution in [0.3, 0.4) is 0 Å². The van der Waals surface area contributed by atoms with Gasteiger partial charge in [0.25, 0.3) is 0 Å². The third-order valence-corrected chi connectivity index (χ3v) is 6.86. The molecule has 2 heterocycles. The fourth-order valence-corrected chi connectivity index (χ4v) is 5.18. The molecule has 6 heteroatoms. The van der Waals surface area contributed by atoms with Gasteiger partial charge in [-0.25, -0.2) is 4.79 Å². The molecule has 4 rings (SSSR count). The van der Waals surface area contributed by atoms with E-state index in [1.54, 1.807) is 4.90 Å². The molecule has 5 nitrogen and oxygen atoms in total. The van der Waals surface area contributed by atoms with Gasteiger partial charge in [0.1, 0.15) is 6.04 Å². The Hall–Kier alpha value is -2.23. The number of nitrogens with zero attached hydrogens (tertiary/aromatic N) is 2. The molecule has 158 valence electrons. The molecule has 2 fully saturated rings. The number of benzene rings is 2. The highest BCUT2D eigenvalue weighted by Crippen LogP contribution is 2.33. The molecule has 0 spiro atoms.